The molecule has 0 N–H and O–H groups in total. The molecule has 2 aromatic carbocycles. The van der Waals surface area contributed by atoms with Crippen LogP contribution in [0.25, 0.3) is 0 Å². The molecule has 0 bridgehead atoms. The number of nitrogens with zero attached hydrogens (tertiary/aromatic N) is 8. The van der Waals surface area contributed by atoms with Crippen molar-refractivity contribution < 1.29 is 18.9 Å². The fourth-order valence-electron chi connectivity index (χ4n) is 4.93. The van der Waals surface area contributed by atoms with Crippen LogP contribution in [0.4, 0.5) is 0 Å². The molecular weight excluding hydrogens is 560 g/mol. The smallest absolute Gasteiger partial charge is 0.0967 e. The Morgan fingerprint density at radius 1 is 0.455 bits per heavy atom. The van der Waals surface area contributed by atoms with Gasteiger partial charge >= 0.3 is 0 Å². The topological polar surface area (TPSA) is 105 Å². The van der Waals surface area contributed by atoms with E-state index in [1.54, 1.807) is 0 Å². The SMILES string of the molecule is c1ccc(Cn2cc(CN3CCOCCOCCN(Cc4cn(Cc5ccccc5)nn4)CCOCCOCC3)nn2)cc1. The predicted octanol–water partition coefficient (Wildman–Crippen LogP) is 2.35. The summed E-state index contributed by atoms with van der Waals surface area (Å²) < 4.78 is 27.4. The number of benzene rings is 2. The second-order valence-corrected chi connectivity index (χ2v) is 10.8. The fraction of sp³-hybridized carbons (Fsp3) is 0.500. The largest absolute Gasteiger partial charge is 0.378 e. The Bertz CT molecular complexity index is 1200. The highest BCUT2D eigenvalue weighted by Crippen LogP contribution is 2.07. The van der Waals surface area contributed by atoms with Crippen molar-refractivity contribution in [1.29, 1.82) is 0 Å². The van der Waals surface area contributed by atoms with Crippen LogP contribution in [0.1, 0.15) is 22.5 Å². The van der Waals surface area contributed by atoms with Crippen LogP contribution in [-0.4, -0.2) is 119 Å². The summed E-state index contributed by atoms with van der Waals surface area (Å²) in [6.07, 6.45) is 4.02. The minimum atomic E-state index is 0.550. The lowest BCUT2D eigenvalue weighted by atomic mass is 10.2. The summed E-state index contributed by atoms with van der Waals surface area (Å²) in [5, 5.41) is 17.4. The van der Waals surface area contributed by atoms with E-state index in [9.17, 15) is 0 Å². The van der Waals surface area contributed by atoms with E-state index in [2.05, 4.69) is 54.7 Å². The molecule has 0 atom stereocenters. The zero-order valence-electron chi connectivity index (χ0n) is 25.5. The maximum Gasteiger partial charge on any atom is 0.0967 e. The van der Waals surface area contributed by atoms with Crippen molar-refractivity contribution in [2.45, 2.75) is 26.2 Å². The second kappa shape index (κ2) is 18.3. The van der Waals surface area contributed by atoms with Crippen molar-refractivity contribution in [3.05, 3.63) is 95.6 Å². The van der Waals surface area contributed by atoms with Crippen LogP contribution >= 0.6 is 0 Å². The van der Waals surface area contributed by atoms with Gasteiger partial charge < -0.3 is 18.9 Å². The number of ether oxygens (including phenoxy) is 4. The third-order valence-corrected chi connectivity index (χ3v) is 7.27. The normalized spacial score (nSPS) is 17.6. The molecule has 0 spiro atoms. The number of rotatable bonds is 8. The highest BCUT2D eigenvalue weighted by molar-refractivity contribution is 5.15. The Kier molecular flexibility index (Phi) is 13.3. The van der Waals surface area contributed by atoms with Gasteiger partial charge in [0.15, 0.2) is 0 Å². The summed E-state index contributed by atoms with van der Waals surface area (Å²) in [5.74, 6) is 0. The zero-order chi connectivity index (χ0) is 30.1. The molecule has 0 saturated carbocycles. The van der Waals surface area contributed by atoms with Gasteiger partial charge in [-0.15, -0.1) is 10.2 Å². The standard InChI is InChI=1S/C32H44N8O4/c1-3-7-29(8-4-1)23-39-27-31(33-35-39)25-37-11-15-41-19-21-43-17-13-38(14-18-44-22-20-42-16-12-37)26-32-28-40(36-34-32)24-30-9-5-2-6-10-30/h1-10,27-28H,11-26H2. The van der Waals surface area contributed by atoms with Gasteiger partial charge in [-0.1, -0.05) is 71.1 Å². The minimum Gasteiger partial charge on any atom is -0.378 e. The first kappa shape index (κ1) is 31.9. The molecule has 12 heteroatoms. The van der Waals surface area contributed by atoms with Gasteiger partial charge in [0.2, 0.25) is 0 Å². The van der Waals surface area contributed by atoms with E-state index >= 15 is 0 Å². The molecule has 236 valence electrons. The second-order valence-electron chi connectivity index (χ2n) is 10.8. The molecule has 12 nitrogen and oxygen atoms in total. The van der Waals surface area contributed by atoms with Gasteiger partial charge in [0.05, 0.1) is 89.7 Å². The summed E-state index contributed by atoms with van der Waals surface area (Å²) in [6.45, 7) is 10.5. The molecule has 1 aliphatic rings. The van der Waals surface area contributed by atoms with E-state index < -0.39 is 0 Å². The lowest BCUT2D eigenvalue weighted by Crippen LogP contribution is -2.33. The minimum absolute atomic E-state index is 0.550. The Balaban J connectivity index is 1.05. The third kappa shape index (κ3) is 11.5. The quantitative estimate of drug-likeness (QED) is 0.298. The van der Waals surface area contributed by atoms with Crippen molar-refractivity contribution in [3.63, 3.8) is 0 Å². The Labute approximate surface area is 259 Å². The van der Waals surface area contributed by atoms with Crippen molar-refractivity contribution in [2.75, 3.05) is 79.0 Å². The van der Waals surface area contributed by atoms with Gasteiger partial charge in [-0.2, -0.15) is 0 Å². The molecular formula is C32H44N8O4. The summed E-state index contributed by atoms with van der Waals surface area (Å²) in [7, 11) is 0. The van der Waals surface area contributed by atoms with Gasteiger partial charge in [0, 0.05) is 39.3 Å². The Hall–Kier alpha value is -3.52. The van der Waals surface area contributed by atoms with Gasteiger partial charge in [0.1, 0.15) is 0 Å². The molecule has 0 unspecified atom stereocenters. The molecule has 0 aliphatic carbocycles. The molecule has 4 aromatic rings. The predicted molar refractivity (Wildman–Crippen MR) is 165 cm³/mol. The van der Waals surface area contributed by atoms with E-state index in [4.69, 9.17) is 18.9 Å². The summed E-state index contributed by atoms with van der Waals surface area (Å²) in [6, 6.07) is 20.6. The number of hydrogen-bond donors (Lipinski definition) is 0. The molecule has 1 aliphatic heterocycles. The van der Waals surface area contributed by atoms with Crippen LogP contribution in [0.2, 0.25) is 0 Å². The highest BCUT2D eigenvalue weighted by atomic mass is 16.5. The van der Waals surface area contributed by atoms with Crippen LogP contribution in [-0.2, 0) is 45.1 Å². The van der Waals surface area contributed by atoms with Crippen molar-refractivity contribution in [3.8, 4) is 0 Å². The summed E-state index contributed by atoms with van der Waals surface area (Å²) in [5.41, 5.74) is 4.25. The molecule has 0 radical (unpaired) electrons. The van der Waals surface area contributed by atoms with Crippen LogP contribution in [0.15, 0.2) is 73.1 Å². The van der Waals surface area contributed by atoms with Crippen molar-refractivity contribution in [1.82, 2.24) is 39.8 Å². The van der Waals surface area contributed by atoms with Crippen molar-refractivity contribution >= 4 is 0 Å². The monoisotopic (exact) mass is 604 g/mol. The van der Waals surface area contributed by atoms with E-state index in [1.807, 2.05) is 58.2 Å². The highest BCUT2D eigenvalue weighted by Gasteiger charge is 2.12. The lowest BCUT2D eigenvalue weighted by Gasteiger charge is -2.22. The number of aromatic nitrogens is 6. The molecule has 0 amide bonds. The van der Waals surface area contributed by atoms with Crippen LogP contribution < -0.4 is 0 Å². The molecule has 44 heavy (non-hydrogen) atoms. The van der Waals surface area contributed by atoms with Crippen LogP contribution in [0.5, 0.6) is 0 Å². The van der Waals surface area contributed by atoms with E-state index in [0.717, 1.165) is 37.6 Å². The van der Waals surface area contributed by atoms with E-state index in [0.29, 0.717) is 79.0 Å². The lowest BCUT2D eigenvalue weighted by molar-refractivity contribution is 0.00598. The first-order valence-corrected chi connectivity index (χ1v) is 15.4. The van der Waals surface area contributed by atoms with Crippen LogP contribution in [0.3, 0.4) is 0 Å². The first-order chi connectivity index (χ1) is 21.8. The van der Waals surface area contributed by atoms with Crippen LogP contribution in [0, 0.1) is 0 Å². The summed E-state index contributed by atoms with van der Waals surface area (Å²) >= 11 is 0. The average molecular weight is 605 g/mol. The van der Waals surface area contributed by atoms with Gasteiger partial charge in [-0.3, -0.25) is 9.80 Å². The molecule has 3 heterocycles. The fourth-order valence-corrected chi connectivity index (χ4v) is 4.93. The maximum absolute atomic E-state index is 5.90. The maximum atomic E-state index is 5.90. The average Bonchev–Trinajstić information content (AvgIpc) is 3.68. The van der Waals surface area contributed by atoms with E-state index in [1.165, 1.54) is 11.1 Å². The van der Waals surface area contributed by atoms with Gasteiger partial charge in [-0.25, -0.2) is 9.36 Å². The molecule has 2 aromatic heterocycles. The van der Waals surface area contributed by atoms with Gasteiger partial charge in [0.25, 0.3) is 0 Å². The number of hydrogen-bond acceptors (Lipinski definition) is 10. The third-order valence-electron chi connectivity index (χ3n) is 7.27. The Morgan fingerprint density at radius 2 is 0.818 bits per heavy atom. The molecule has 5 rings (SSSR count). The van der Waals surface area contributed by atoms with E-state index in [-0.39, 0.29) is 0 Å². The molecule has 1 fully saturated rings. The molecule has 1 saturated heterocycles. The van der Waals surface area contributed by atoms with Crippen molar-refractivity contribution in [2.24, 2.45) is 0 Å². The zero-order valence-corrected chi connectivity index (χ0v) is 25.5. The first-order valence-electron chi connectivity index (χ1n) is 15.4. The van der Waals surface area contributed by atoms with Gasteiger partial charge in [-0.05, 0) is 11.1 Å². The Morgan fingerprint density at radius 3 is 1.18 bits per heavy atom. The summed E-state index contributed by atoms with van der Waals surface area (Å²) in [4.78, 5) is 4.57.